The van der Waals surface area contributed by atoms with Crippen molar-refractivity contribution in [1.82, 2.24) is 20.2 Å². The van der Waals surface area contributed by atoms with Crippen molar-refractivity contribution in [1.29, 1.82) is 0 Å². The Bertz CT molecular complexity index is 374. The second-order valence-corrected chi connectivity index (χ2v) is 2.45. The minimum absolute atomic E-state index is 1.54. The molecule has 12 heteroatoms. The molecular formula is C4F8N4. The molecule has 0 saturated heterocycles. The van der Waals surface area contributed by atoms with Crippen molar-refractivity contribution in [2.45, 2.75) is 18.4 Å². The van der Waals surface area contributed by atoms with Crippen LogP contribution in [0.4, 0.5) is 35.1 Å². The normalized spacial score (nSPS) is 14.2. The molecule has 0 spiro atoms. The molecule has 0 aliphatic rings. The molecule has 0 bridgehead atoms. The van der Waals surface area contributed by atoms with Crippen molar-refractivity contribution in [2.75, 3.05) is 0 Å². The average molecular weight is 256 g/mol. The largest absolute Gasteiger partial charge is 0.507 e. The number of rotatable bonds is 1. The number of halogens is 8. The van der Waals surface area contributed by atoms with Gasteiger partial charge in [0.05, 0.1) is 0 Å². The van der Waals surface area contributed by atoms with Crippen LogP contribution in [0.3, 0.4) is 0 Å². The van der Waals surface area contributed by atoms with E-state index in [1.54, 1.807) is 0 Å². The monoisotopic (exact) mass is 256 g/mol. The Morgan fingerprint density at radius 2 is 1.38 bits per heavy atom. The van der Waals surface area contributed by atoms with Gasteiger partial charge in [0.1, 0.15) is 0 Å². The lowest BCUT2D eigenvalue weighted by molar-refractivity contribution is -0.301. The molecule has 0 aromatic carbocycles. The summed E-state index contributed by atoms with van der Waals surface area (Å²) in [6, 6.07) is 0. The minimum atomic E-state index is -6.22. The third-order valence-corrected chi connectivity index (χ3v) is 1.35. The third kappa shape index (κ3) is 1.90. The van der Waals surface area contributed by atoms with Crippen LogP contribution in [-0.2, 0) is 12.2 Å². The summed E-state index contributed by atoms with van der Waals surface area (Å²) in [6.07, 6.45) is -11.8. The van der Waals surface area contributed by atoms with Crippen LogP contribution in [0.1, 0.15) is 5.82 Å². The van der Waals surface area contributed by atoms with Gasteiger partial charge in [-0.2, -0.15) is 22.0 Å². The van der Waals surface area contributed by atoms with Gasteiger partial charge in [0.25, 0.3) is 0 Å². The molecule has 0 aliphatic heterocycles. The molecule has 0 radical (unpaired) electrons. The Morgan fingerprint density at radius 3 is 1.75 bits per heavy atom. The van der Waals surface area contributed by atoms with Crippen molar-refractivity contribution in [3.8, 4) is 0 Å². The summed E-state index contributed by atoms with van der Waals surface area (Å²) in [4.78, 5) is 0. The van der Waals surface area contributed by atoms with Crippen molar-refractivity contribution in [3.05, 3.63) is 5.82 Å². The van der Waals surface area contributed by atoms with E-state index in [2.05, 4.69) is 5.21 Å². The molecule has 0 unspecified atom stereocenters. The smallest absolute Gasteiger partial charge is 0.187 e. The van der Waals surface area contributed by atoms with Gasteiger partial charge in [-0.1, -0.05) is 0 Å². The molecule has 0 atom stereocenters. The molecule has 0 saturated carbocycles. The lowest BCUT2D eigenvalue weighted by atomic mass is 10.3. The first kappa shape index (κ1) is 12.6. The third-order valence-electron chi connectivity index (χ3n) is 1.35. The van der Waals surface area contributed by atoms with Crippen molar-refractivity contribution in [2.24, 2.45) is 0 Å². The highest BCUT2D eigenvalue weighted by Gasteiger charge is 2.64. The first-order chi connectivity index (χ1) is 6.98. The van der Waals surface area contributed by atoms with E-state index in [1.807, 2.05) is 10.3 Å². The molecule has 1 aromatic rings. The highest BCUT2D eigenvalue weighted by molar-refractivity contribution is 4.98. The Labute approximate surface area is 80.8 Å². The Hall–Kier alpha value is -1.49. The Balaban J connectivity index is 3.31. The van der Waals surface area contributed by atoms with E-state index >= 15 is 0 Å². The summed E-state index contributed by atoms with van der Waals surface area (Å²) in [6.45, 7) is 0. The number of nitrogens with zero attached hydrogens (tertiary/aromatic N) is 4. The van der Waals surface area contributed by atoms with Crippen molar-refractivity contribution < 1.29 is 35.1 Å². The zero-order valence-electron chi connectivity index (χ0n) is 6.81. The van der Waals surface area contributed by atoms with Gasteiger partial charge in [-0.15, -0.1) is 23.0 Å². The van der Waals surface area contributed by atoms with E-state index in [9.17, 15) is 35.1 Å². The number of hydrogen-bond donors (Lipinski definition) is 0. The lowest BCUT2D eigenvalue weighted by Crippen LogP contribution is -2.39. The standard InChI is InChI=1S/C4F8N4/c5-2(6,3(7,8)9)1-13-14-15-16(1)4(10,11)12. The molecule has 0 aliphatic carbocycles. The molecule has 4 nitrogen and oxygen atoms in total. The molecule has 0 amide bonds. The molecule has 16 heavy (non-hydrogen) atoms. The van der Waals surface area contributed by atoms with E-state index in [1.165, 1.54) is 0 Å². The summed E-state index contributed by atoms with van der Waals surface area (Å²) in [5.41, 5.74) is 0. The van der Waals surface area contributed by atoms with Crippen LogP contribution in [0.5, 0.6) is 0 Å². The fraction of sp³-hybridized carbons (Fsp3) is 0.750. The minimum Gasteiger partial charge on any atom is -0.187 e. The van der Waals surface area contributed by atoms with Gasteiger partial charge in [0.2, 0.25) is 5.82 Å². The highest BCUT2D eigenvalue weighted by atomic mass is 19.4. The zero-order valence-corrected chi connectivity index (χ0v) is 6.81. The number of tetrazole rings is 1. The molecule has 92 valence electrons. The number of aromatic nitrogens is 4. The lowest BCUT2D eigenvalue weighted by Gasteiger charge is -2.18. The van der Waals surface area contributed by atoms with Crippen LogP contribution in [0.2, 0.25) is 0 Å². The SMILES string of the molecule is FC(F)(F)n1nnnc1C(F)(F)C(F)(F)F. The fourth-order valence-electron chi connectivity index (χ4n) is 0.680. The second kappa shape index (κ2) is 3.25. The zero-order chi connectivity index (χ0) is 12.8. The van der Waals surface area contributed by atoms with E-state index in [4.69, 9.17) is 0 Å². The van der Waals surface area contributed by atoms with Crippen molar-refractivity contribution >= 4 is 0 Å². The van der Waals surface area contributed by atoms with Gasteiger partial charge < -0.3 is 0 Å². The molecule has 0 fully saturated rings. The summed E-state index contributed by atoms with van der Waals surface area (Å²) < 4.78 is 94.4. The second-order valence-electron chi connectivity index (χ2n) is 2.45. The van der Waals surface area contributed by atoms with Gasteiger partial charge in [0.15, 0.2) is 0 Å². The first-order valence-corrected chi connectivity index (χ1v) is 3.28. The van der Waals surface area contributed by atoms with Crippen LogP contribution in [0, 0.1) is 0 Å². The molecule has 0 N–H and O–H groups in total. The predicted octanol–water partition coefficient (Wildman–Crippen LogP) is 1.80. The topological polar surface area (TPSA) is 43.6 Å². The highest BCUT2D eigenvalue weighted by Crippen LogP contribution is 2.43. The maximum absolute atomic E-state index is 12.5. The molecule has 1 rings (SSSR count). The van der Waals surface area contributed by atoms with Crippen LogP contribution in [-0.4, -0.2) is 26.4 Å². The Morgan fingerprint density at radius 1 is 0.875 bits per heavy atom. The van der Waals surface area contributed by atoms with Gasteiger partial charge in [-0.05, 0) is 10.4 Å². The molecule has 1 heterocycles. The van der Waals surface area contributed by atoms with Crippen LogP contribution in [0.25, 0.3) is 0 Å². The van der Waals surface area contributed by atoms with E-state index in [-0.39, 0.29) is 0 Å². The maximum atomic E-state index is 12.5. The van der Waals surface area contributed by atoms with Gasteiger partial charge in [0, 0.05) is 0 Å². The summed E-state index contributed by atoms with van der Waals surface area (Å²) in [5, 5.41) is 6.18. The fourth-order valence-corrected chi connectivity index (χ4v) is 0.680. The molecule has 1 aromatic heterocycles. The van der Waals surface area contributed by atoms with Crippen molar-refractivity contribution in [3.63, 3.8) is 0 Å². The van der Waals surface area contributed by atoms with E-state index in [0.717, 1.165) is 0 Å². The van der Waals surface area contributed by atoms with Gasteiger partial charge in [-0.25, -0.2) is 0 Å². The van der Waals surface area contributed by atoms with Crippen LogP contribution < -0.4 is 0 Å². The van der Waals surface area contributed by atoms with Crippen LogP contribution >= 0.6 is 0 Å². The summed E-state index contributed by atoms with van der Waals surface area (Å²) in [5.74, 6) is -8.42. The average Bonchev–Trinajstić information content (AvgIpc) is 2.47. The predicted molar refractivity (Wildman–Crippen MR) is 29.1 cm³/mol. The van der Waals surface area contributed by atoms with Gasteiger partial charge in [-0.3, -0.25) is 0 Å². The summed E-state index contributed by atoms with van der Waals surface area (Å²) in [7, 11) is 0. The van der Waals surface area contributed by atoms with E-state index < -0.39 is 28.9 Å². The first-order valence-electron chi connectivity index (χ1n) is 3.28. The van der Waals surface area contributed by atoms with Gasteiger partial charge >= 0.3 is 18.4 Å². The number of hydrogen-bond acceptors (Lipinski definition) is 3. The Kier molecular flexibility index (Phi) is 2.55. The van der Waals surface area contributed by atoms with E-state index in [0.29, 0.717) is 0 Å². The molecular weight excluding hydrogens is 256 g/mol. The summed E-state index contributed by atoms with van der Waals surface area (Å²) >= 11 is 0. The quantitative estimate of drug-likeness (QED) is 0.719. The maximum Gasteiger partial charge on any atom is 0.507 e. The number of alkyl halides is 8. The van der Waals surface area contributed by atoms with Crippen LogP contribution in [0.15, 0.2) is 0 Å².